The predicted molar refractivity (Wildman–Crippen MR) is 76.3 cm³/mol. The lowest BCUT2D eigenvalue weighted by molar-refractivity contribution is -0.147. The lowest BCUT2D eigenvalue weighted by atomic mass is 9.90. The summed E-state index contributed by atoms with van der Waals surface area (Å²) < 4.78 is 5.43. The van der Waals surface area contributed by atoms with Gasteiger partial charge in [-0.05, 0) is 33.3 Å². The third kappa shape index (κ3) is 3.32. The molecule has 6 nitrogen and oxygen atoms in total. The van der Waals surface area contributed by atoms with Crippen LogP contribution in [-0.4, -0.2) is 46.1 Å². The molecule has 1 unspecified atom stereocenters. The lowest BCUT2D eigenvalue weighted by Crippen LogP contribution is -2.34. The summed E-state index contributed by atoms with van der Waals surface area (Å²) in [5.41, 5.74) is -0.412. The van der Waals surface area contributed by atoms with Gasteiger partial charge in [-0.1, -0.05) is 0 Å². The minimum atomic E-state index is -0.864. The molecule has 21 heavy (non-hydrogen) atoms. The number of nitrogens with zero attached hydrogens (tertiary/aromatic N) is 2. The summed E-state index contributed by atoms with van der Waals surface area (Å²) >= 11 is 0. The van der Waals surface area contributed by atoms with Gasteiger partial charge in [-0.15, -0.1) is 0 Å². The van der Waals surface area contributed by atoms with Crippen LogP contribution < -0.4 is 4.74 Å². The van der Waals surface area contributed by atoms with E-state index in [1.165, 1.54) is 6.20 Å². The summed E-state index contributed by atoms with van der Waals surface area (Å²) in [6.45, 7) is 6.15. The number of aliphatic carboxylic acids is 1. The maximum absolute atomic E-state index is 12.3. The molecule has 1 aliphatic heterocycles. The van der Waals surface area contributed by atoms with E-state index in [2.05, 4.69) is 4.98 Å². The van der Waals surface area contributed by atoms with E-state index in [0.29, 0.717) is 24.4 Å². The molecule has 1 amide bonds. The molecule has 1 aromatic rings. The first-order chi connectivity index (χ1) is 9.82. The largest absolute Gasteiger partial charge is 0.481 e. The molecule has 0 spiro atoms. The Morgan fingerprint density at radius 2 is 2.14 bits per heavy atom. The third-order valence-corrected chi connectivity index (χ3v) is 3.62. The van der Waals surface area contributed by atoms with Crippen molar-refractivity contribution in [2.75, 3.05) is 13.1 Å². The summed E-state index contributed by atoms with van der Waals surface area (Å²) in [6.07, 6.45) is 1.96. The van der Waals surface area contributed by atoms with Crippen molar-refractivity contribution in [3.05, 3.63) is 23.9 Å². The first-order valence-corrected chi connectivity index (χ1v) is 6.97. The van der Waals surface area contributed by atoms with Crippen LogP contribution >= 0.6 is 0 Å². The number of pyridine rings is 1. The molecule has 0 saturated carbocycles. The summed E-state index contributed by atoms with van der Waals surface area (Å²) in [5, 5.41) is 9.20. The molecule has 0 aromatic carbocycles. The SMILES string of the molecule is CC(C)Oc1ccc(C(=O)N2CCC(C)(C(=O)O)C2)cn1. The zero-order valence-corrected chi connectivity index (χ0v) is 12.5. The van der Waals surface area contributed by atoms with Gasteiger partial charge in [0.2, 0.25) is 5.88 Å². The van der Waals surface area contributed by atoms with E-state index in [1.807, 2.05) is 13.8 Å². The number of carbonyl (C=O) groups is 2. The molecular formula is C15H20N2O4. The van der Waals surface area contributed by atoms with Crippen LogP contribution in [0, 0.1) is 5.41 Å². The van der Waals surface area contributed by atoms with Gasteiger partial charge in [0.1, 0.15) is 0 Å². The van der Waals surface area contributed by atoms with Crippen LogP contribution in [0.3, 0.4) is 0 Å². The van der Waals surface area contributed by atoms with E-state index in [4.69, 9.17) is 4.74 Å². The third-order valence-electron chi connectivity index (χ3n) is 3.62. The first kappa shape index (κ1) is 15.3. The maximum Gasteiger partial charge on any atom is 0.311 e. The molecule has 1 saturated heterocycles. The number of hydrogen-bond donors (Lipinski definition) is 1. The second kappa shape index (κ2) is 5.71. The zero-order chi connectivity index (χ0) is 15.6. The van der Waals surface area contributed by atoms with Gasteiger partial charge in [0.15, 0.2) is 0 Å². The molecule has 0 bridgehead atoms. The number of carboxylic acids is 1. The number of hydrogen-bond acceptors (Lipinski definition) is 4. The van der Waals surface area contributed by atoms with Crippen LogP contribution in [0.1, 0.15) is 37.6 Å². The topological polar surface area (TPSA) is 79.7 Å². The predicted octanol–water partition coefficient (Wildman–Crippen LogP) is 1.81. The van der Waals surface area contributed by atoms with Gasteiger partial charge in [0.25, 0.3) is 5.91 Å². The zero-order valence-electron chi connectivity index (χ0n) is 12.5. The average Bonchev–Trinajstić information content (AvgIpc) is 2.82. The van der Waals surface area contributed by atoms with Crippen molar-refractivity contribution in [2.45, 2.75) is 33.3 Å². The van der Waals surface area contributed by atoms with Crippen LogP contribution in [0.25, 0.3) is 0 Å². The van der Waals surface area contributed by atoms with Crippen LogP contribution in [0.4, 0.5) is 0 Å². The van der Waals surface area contributed by atoms with Crippen LogP contribution in [0.5, 0.6) is 5.88 Å². The molecule has 0 aliphatic carbocycles. The molecule has 1 N–H and O–H groups in total. The molecular weight excluding hydrogens is 272 g/mol. The summed E-state index contributed by atoms with van der Waals surface area (Å²) in [7, 11) is 0. The number of likely N-dealkylation sites (tertiary alicyclic amines) is 1. The van der Waals surface area contributed by atoms with Gasteiger partial charge >= 0.3 is 5.97 Å². The highest BCUT2D eigenvalue weighted by Crippen LogP contribution is 2.31. The van der Waals surface area contributed by atoms with Crippen LogP contribution in [0.2, 0.25) is 0 Å². The molecule has 2 heterocycles. The van der Waals surface area contributed by atoms with Crippen molar-refractivity contribution < 1.29 is 19.4 Å². The second-order valence-electron chi connectivity index (χ2n) is 5.89. The van der Waals surface area contributed by atoms with Gasteiger partial charge in [-0.2, -0.15) is 0 Å². The van der Waals surface area contributed by atoms with Crippen molar-refractivity contribution in [3.63, 3.8) is 0 Å². The molecule has 1 aromatic heterocycles. The van der Waals surface area contributed by atoms with E-state index >= 15 is 0 Å². The Kier molecular flexibility index (Phi) is 4.16. The number of carbonyl (C=O) groups excluding carboxylic acids is 1. The fraction of sp³-hybridized carbons (Fsp3) is 0.533. The van der Waals surface area contributed by atoms with E-state index in [9.17, 15) is 14.7 Å². The first-order valence-electron chi connectivity index (χ1n) is 6.97. The highest BCUT2D eigenvalue weighted by atomic mass is 16.5. The van der Waals surface area contributed by atoms with Crippen molar-refractivity contribution in [2.24, 2.45) is 5.41 Å². The molecule has 1 atom stereocenters. The number of rotatable bonds is 4. The van der Waals surface area contributed by atoms with E-state index in [0.717, 1.165) is 0 Å². The van der Waals surface area contributed by atoms with E-state index < -0.39 is 11.4 Å². The summed E-state index contributed by atoms with van der Waals surface area (Å²) in [4.78, 5) is 29.2. The van der Waals surface area contributed by atoms with Gasteiger partial charge in [0, 0.05) is 25.4 Å². The fourth-order valence-electron chi connectivity index (χ4n) is 2.31. The lowest BCUT2D eigenvalue weighted by Gasteiger charge is -2.20. The quantitative estimate of drug-likeness (QED) is 0.915. The molecule has 0 radical (unpaired) electrons. The Balaban J connectivity index is 2.06. The Morgan fingerprint density at radius 3 is 2.62 bits per heavy atom. The summed E-state index contributed by atoms with van der Waals surface area (Å²) in [5.74, 6) is -0.585. The second-order valence-corrected chi connectivity index (χ2v) is 5.89. The fourth-order valence-corrected chi connectivity index (χ4v) is 2.31. The van der Waals surface area contributed by atoms with Gasteiger partial charge in [-0.3, -0.25) is 9.59 Å². The van der Waals surface area contributed by atoms with Crippen LogP contribution in [-0.2, 0) is 4.79 Å². The molecule has 114 valence electrons. The molecule has 1 fully saturated rings. The number of amides is 1. The Bertz CT molecular complexity index is 541. The standard InChI is InChI=1S/C15H20N2O4/c1-10(2)21-12-5-4-11(8-16-12)13(18)17-7-6-15(3,9-17)14(19)20/h4-5,8,10H,6-7,9H2,1-3H3,(H,19,20). The van der Waals surface area contributed by atoms with E-state index in [1.54, 1.807) is 24.0 Å². The minimum Gasteiger partial charge on any atom is -0.481 e. The highest BCUT2D eigenvalue weighted by molar-refractivity contribution is 5.94. The Hall–Kier alpha value is -2.11. The van der Waals surface area contributed by atoms with Gasteiger partial charge in [-0.25, -0.2) is 4.98 Å². The molecule has 6 heteroatoms. The average molecular weight is 292 g/mol. The van der Waals surface area contributed by atoms with Crippen molar-refractivity contribution in [1.82, 2.24) is 9.88 Å². The van der Waals surface area contributed by atoms with Crippen LogP contribution in [0.15, 0.2) is 18.3 Å². The monoisotopic (exact) mass is 292 g/mol. The van der Waals surface area contributed by atoms with Crippen molar-refractivity contribution in [3.8, 4) is 5.88 Å². The summed E-state index contributed by atoms with van der Waals surface area (Å²) in [6, 6.07) is 3.31. The highest BCUT2D eigenvalue weighted by Gasteiger charge is 2.42. The molecule has 1 aliphatic rings. The number of ether oxygens (including phenoxy) is 1. The van der Waals surface area contributed by atoms with Gasteiger partial charge in [0.05, 0.1) is 17.1 Å². The van der Waals surface area contributed by atoms with E-state index in [-0.39, 0.29) is 18.6 Å². The smallest absolute Gasteiger partial charge is 0.311 e. The maximum atomic E-state index is 12.3. The van der Waals surface area contributed by atoms with Crippen molar-refractivity contribution >= 4 is 11.9 Å². The number of aromatic nitrogens is 1. The Morgan fingerprint density at radius 1 is 1.43 bits per heavy atom. The molecule has 2 rings (SSSR count). The number of carboxylic acid groups (broad SMARTS) is 1. The minimum absolute atomic E-state index is 0.0221. The van der Waals surface area contributed by atoms with Gasteiger partial charge < -0.3 is 14.7 Å². The van der Waals surface area contributed by atoms with Crippen molar-refractivity contribution in [1.29, 1.82) is 0 Å². The Labute approximate surface area is 123 Å². The normalized spacial score (nSPS) is 21.6.